The van der Waals surface area contributed by atoms with Gasteiger partial charge in [0, 0.05) is 11.8 Å². The second kappa shape index (κ2) is 7.30. The van der Waals surface area contributed by atoms with Crippen molar-refractivity contribution >= 4 is 18.0 Å². The number of aldehydes is 1. The quantitative estimate of drug-likeness (QED) is 0.406. The number of hydrogen-bond donors (Lipinski definition) is 2. The predicted octanol–water partition coefficient (Wildman–Crippen LogP) is 3.87. The van der Waals surface area contributed by atoms with Crippen LogP contribution in [0.4, 0.5) is 0 Å². The third-order valence-electron chi connectivity index (χ3n) is 8.88. The van der Waals surface area contributed by atoms with E-state index in [9.17, 15) is 24.6 Å². The smallest absolute Gasteiger partial charge is 0.314 e. The van der Waals surface area contributed by atoms with Crippen molar-refractivity contribution in [2.45, 2.75) is 63.9 Å². The summed E-state index contributed by atoms with van der Waals surface area (Å²) in [6.07, 6.45) is 7.77. The van der Waals surface area contributed by atoms with E-state index in [0.717, 1.165) is 31.3 Å². The van der Waals surface area contributed by atoms with Crippen molar-refractivity contribution in [2.24, 2.45) is 35.0 Å². The Morgan fingerprint density at radius 2 is 2.07 bits per heavy atom. The number of aliphatic hydroxyl groups is 1. The van der Waals surface area contributed by atoms with Gasteiger partial charge in [-0.1, -0.05) is 31.2 Å². The highest BCUT2D eigenvalue weighted by atomic mass is 16.4. The molecule has 162 valence electrons. The molecule has 0 aromatic carbocycles. The third kappa shape index (κ3) is 2.96. The van der Waals surface area contributed by atoms with Gasteiger partial charge in [0.2, 0.25) is 0 Å². The standard InChI is InChI=1S/C25H32O5/c1-14-12-24(3)21(8-9-25(24,30)15(2)10-17(13-26)23(28)29)20-6-4-16-11-18(27)5-7-19(16)22(14)20/h11,13,17,19-22,30H,1-2,4-10,12H2,3H3,(H,28,29)/t17?,19-,20-,21-,22+,24-,25+/m0/s1. The first-order valence-electron chi connectivity index (χ1n) is 11.1. The molecule has 3 saturated carbocycles. The van der Waals surface area contributed by atoms with Gasteiger partial charge in [-0.15, -0.1) is 0 Å². The molecule has 5 nitrogen and oxygen atoms in total. The lowest BCUT2D eigenvalue weighted by Crippen LogP contribution is -2.54. The van der Waals surface area contributed by atoms with Crippen LogP contribution < -0.4 is 0 Å². The van der Waals surface area contributed by atoms with Crippen LogP contribution in [0.1, 0.15) is 58.3 Å². The van der Waals surface area contributed by atoms with Crippen molar-refractivity contribution < 1.29 is 24.6 Å². The molecule has 30 heavy (non-hydrogen) atoms. The number of hydrogen-bond acceptors (Lipinski definition) is 4. The summed E-state index contributed by atoms with van der Waals surface area (Å²) in [5.41, 5.74) is 1.23. The van der Waals surface area contributed by atoms with Crippen molar-refractivity contribution in [1.29, 1.82) is 0 Å². The first-order chi connectivity index (χ1) is 14.1. The Morgan fingerprint density at radius 1 is 1.33 bits per heavy atom. The number of fused-ring (bicyclic) bond motifs is 5. The number of ketones is 1. The zero-order chi connectivity index (χ0) is 21.8. The Kier molecular flexibility index (Phi) is 5.16. The van der Waals surface area contributed by atoms with E-state index in [-0.39, 0.29) is 12.2 Å². The predicted molar refractivity (Wildman–Crippen MR) is 113 cm³/mol. The van der Waals surface area contributed by atoms with E-state index in [1.807, 2.05) is 6.08 Å². The molecule has 0 aliphatic heterocycles. The minimum absolute atomic E-state index is 0.0319. The zero-order valence-corrected chi connectivity index (χ0v) is 17.7. The molecule has 5 heteroatoms. The molecule has 0 radical (unpaired) electrons. The number of carbonyl (C=O) groups excluding carboxylic acids is 2. The van der Waals surface area contributed by atoms with E-state index in [2.05, 4.69) is 20.1 Å². The minimum Gasteiger partial charge on any atom is -0.481 e. The Bertz CT molecular complexity index is 854. The summed E-state index contributed by atoms with van der Waals surface area (Å²) >= 11 is 0. The van der Waals surface area contributed by atoms with Gasteiger partial charge < -0.3 is 15.0 Å². The van der Waals surface area contributed by atoms with Gasteiger partial charge in [0.1, 0.15) is 12.2 Å². The summed E-state index contributed by atoms with van der Waals surface area (Å²) in [4.78, 5) is 34.5. The molecule has 0 amide bonds. The topological polar surface area (TPSA) is 91.7 Å². The zero-order valence-electron chi connectivity index (χ0n) is 17.7. The Labute approximate surface area is 177 Å². The fourth-order valence-corrected chi connectivity index (χ4v) is 7.42. The van der Waals surface area contributed by atoms with Crippen LogP contribution in [0.25, 0.3) is 0 Å². The van der Waals surface area contributed by atoms with Gasteiger partial charge in [0.25, 0.3) is 0 Å². The minimum atomic E-state index is -1.19. The van der Waals surface area contributed by atoms with Gasteiger partial charge in [-0.3, -0.25) is 9.59 Å². The van der Waals surface area contributed by atoms with Crippen LogP contribution >= 0.6 is 0 Å². The van der Waals surface area contributed by atoms with Crippen LogP contribution in [0.2, 0.25) is 0 Å². The molecule has 0 heterocycles. The van der Waals surface area contributed by atoms with Gasteiger partial charge in [-0.25, -0.2) is 0 Å². The first kappa shape index (κ1) is 21.2. The molecule has 4 rings (SSSR count). The summed E-state index contributed by atoms with van der Waals surface area (Å²) < 4.78 is 0. The van der Waals surface area contributed by atoms with Gasteiger partial charge in [-0.2, -0.15) is 0 Å². The van der Waals surface area contributed by atoms with Gasteiger partial charge in [-0.05, 0) is 80.3 Å². The van der Waals surface area contributed by atoms with E-state index >= 15 is 0 Å². The van der Waals surface area contributed by atoms with Crippen molar-refractivity contribution in [3.05, 3.63) is 36.0 Å². The molecular weight excluding hydrogens is 380 g/mol. The lowest BCUT2D eigenvalue weighted by Gasteiger charge is -2.57. The molecule has 0 aromatic rings. The monoisotopic (exact) mass is 412 g/mol. The Morgan fingerprint density at radius 3 is 2.73 bits per heavy atom. The molecule has 3 fully saturated rings. The number of carboxylic acids is 1. The average Bonchev–Trinajstić information content (AvgIpc) is 2.96. The summed E-state index contributed by atoms with van der Waals surface area (Å²) in [5, 5.41) is 21.1. The van der Waals surface area contributed by atoms with Gasteiger partial charge >= 0.3 is 5.97 Å². The molecule has 0 saturated heterocycles. The van der Waals surface area contributed by atoms with Crippen LogP contribution in [-0.2, 0) is 14.4 Å². The van der Waals surface area contributed by atoms with Gasteiger partial charge in [0.05, 0.1) is 5.60 Å². The molecule has 4 aliphatic carbocycles. The maximum atomic E-state index is 11.9. The summed E-state index contributed by atoms with van der Waals surface area (Å²) in [5.74, 6) is -0.661. The third-order valence-corrected chi connectivity index (χ3v) is 8.88. The van der Waals surface area contributed by atoms with Crippen LogP contribution in [-0.4, -0.2) is 33.9 Å². The summed E-state index contributed by atoms with van der Waals surface area (Å²) in [6, 6.07) is 0. The lowest BCUT2D eigenvalue weighted by molar-refractivity contribution is -0.143. The van der Waals surface area contributed by atoms with Crippen LogP contribution in [0.15, 0.2) is 36.0 Å². The van der Waals surface area contributed by atoms with E-state index in [1.54, 1.807) is 0 Å². The highest BCUT2D eigenvalue weighted by molar-refractivity contribution is 5.91. The second-order valence-corrected chi connectivity index (χ2v) is 10.2. The largest absolute Gasteiger partial charge is 0.481 e. The summed E-state index contributed by atoms with van der Waals surface area (Å²) in [7, 11) is 0. The molecule has 7 atom stereocenters. The van der Waals surface area contributed by atoms with Crippen LogP contribution in [0, 0.1) is 35.0 Å². The molecule has 1 unspecified atom stereocenters. The number of carboxylic acid groups (broad SMARTS) is 1. The van der Waals surface area contributed by atoms with Crippen LogP contribution in [0.3, 0.4) is 0 Å². The van der Waals surface area contributed by atoms with E-state index in [4.69, 9.17) is 0 Å². The van der Waals surface area contributed by atoms with E-state index in [0.29, 0.717) is 54.8 Å². The highest BCUT2D eigenvalue weighted by Gasteiger charge is 2.64. The van der Waals surface area contributed by atoms with Crippen molar-refractivity contribution in [3.8, 4) is 0 Å². The number of allylic oxidation sites excluding steroid dienone is 2. The number of aliphatic carboxylic acids is 1. The number of rotatable bonds is 5. The maximum Gasteiger partial charge on any atom is 0.314 e. The second-order valence-electron chi connectivity index (χ2n) is 10.2. The summed E-state index contributed by atoms with van der Waals surface area (Å²) in [6.45, 7) is 10.6. The molecule has 0 aromatic heterocycles. The Hall–Kier alpha value is -2.01. The van der Waals surface area contributed by atoms with Crippen molar-refractivity contribution in [3.63, 3.8) is 0 Å². The molecule has 0 bridgehead atoms. The first-order valence-corrected chi connectivity index (χ1v) is 11.1. The lowest BCUT2D eigenvalue weighted by atomic mass is 9.48. The molecular formula is C25H32O5. The van der Waals surface area contributed by atoms with Crippen molar-refractivity contribution in [2.75, 3.05) is 0 Å². The molecule has 2 N–H and O–H groups in total. The Balaban J connectivity index is 1.63. The fraction of sp³-hybridized carbons (Fsp3) is 0.640. The normalized spacial score (nSPS) is 41.2. The fourth-order valence-electron chi connectivity index (χ4n) is 7.42. The van der Waals surface area contributed by atoms with Gasteiger partial charge in [0.15, 0.2) is 5.78 Å². The maximum absolute atomic E-state index is 11.9. The number of carbonyl (C=O) groups is 3. The molecule has 4 aliphatic rings. The van der Waals surface area contributed by atoms with Crippen LogP contribution in [0.5, 0.6) is 0 Å². The SMILES string of the molecule is C=C1C[C@@]2(C)[C@@H](CC[C@@]2(O)C(=C)CC(C=O)C(=O)O)[C@@H]2CCC3=CC(=O)CC[C@@H]3[C@@H]12. The highest BCUT2D eigenvalue weighted by Crippen LogP contribution is 2.67. The van der Waals surface area contributed by atoms with E-state index in [1.165, 1.54) is 5.57 Å². The molecule has 0 spiro atoms. The average molecular weight is 413 g/mol. The van der Waals surface area contributed by atoms with E-state index < -0.39 is 22.9 Å². The van der Waals surface area contributed by atoms with Crippen molar-refractivity contribution in [1.82, 2.24) is 0 Å².